The number of hydrogen-bond acceptors (Lipinski definition) is 4. The van der Waals surface area contributed by atoms with Crippen LogP contribution in [0.25, 0.3) is 0 Å². The summed E-state index contributed by atoms with van der Waals surface area (Å²) in [4.78, 5) is 27.3. The lowest BCUT2D eigenvalue weighted by Gasteiger charge is -2.32. The maximum absolute atomic E-state index is 12.0. The highest BCUT2D eigenvalue weighted by Gasteiger charge is 2.24. The van der Waals surface area contributed by atoms with Gasteiger partial charge >= 0.3 is 12.1 Å². The normalized spacial score (nSPS) is 16.9. The number of methoxy groups -OCH3 is 1. The summed E-state index contributed by atoms with van der Waals surface area (Å²) >= 11 is 0. The van der Waals surface area contributed by atoms with Gasteiger partial charge in [0.2, 0.25) is 0 Å². The van der Waals surface area contributed by atoms with Crippen LogP contribution in [-0.4, -0.2) is 63.9 Å². The number of carbonyl (C=O) groups is 2. The molecule has 1 atom stereocenters. The SMILES string of the molecule is COC(=O)N1CCC[C@H](NC(=O)NCCc2ccc(N(C)C)cc2)C1. The lowest BCUT2D eigenvalue weighted by Crippen LogP contribution is -2.52. The molecule has 1 aromatic carbocycles. The predicted molar refractivity (Wildman–Crippen MR) is 98.0 cm³/mol. The van der Waals surface area contributed by atoms with E-state index < -0.39 is 0 Å². The summed E-state index contributed by atoms with van der Waals surface area (Å²) in [5.41, 5.74) is 2.34. The first kappa shape index (κ1) is 18.9. The van der Waals surface area contributed by atoms with Gasteiger partial charge in [0.15, 0.2) is 0 Å². The van der Waals surface area contributed by atoms with Crippen molar-refractivity contribution in [1.29, 1.82) is 0 Å². The number of nitrogens with zero attached hydrogens (tertiary/aromatic N) is 2. The first-order valence-electron chi connectivity index (χ1n) is 8.63. The molecule has 0 aliphatic carbocycles. The average molecular weight is 348 g/mol. The van der Waals surface area contributed by atoms with E-state index in [-0.39, 0.29) is 18.2 Å². The number of anilines is 1. The van der Waals surface area contributed by atoms with Crippen molar-refractivity contribution in [2.45, 2.75) is 25.3 Å². The minimum Gasteiger partial charge on any atom is -0.453 e. The second-order valence-electron chi connectivity index (χ2n) is 6.47. The first-order valence-corrected chi connectivity index (χ1v) is 8.63. The van der Waals surface area contributed by atoms with E-state index >= 15 is 0 Å². The third kappa shape index (κ3) is 5.85. The van der Waals surface area contributed by atoms with E-state index in [0.29, 0.717) is 19.6 Å². The molecule has 7 nitrogen and oxygen atoms in total. The van der Waals surface area contributed by atoms with Crippen LogP contribution in [0.3, 0.4) is 0 Å². The molecular formula is C18H28N4O3. The van der Waals surface area contributed by atoms with Gasteiger partial charge in [0, 0.05) is 45.5 Å². The third-order valence-corrected chi connectivity index (χ3v) is 4.34. The van der Waals surface area contributed by atoms with Crippen molar-refractivity contribution < 1.29 is 14.3 Å². The van der Waals surface area contributed by atoms with Gasteiger partial charge in [-0.05, 0) is 37.0 Å². The number of nitrogens with one attached hydrogen (secondary N) is 2. The van der Waals surface area contributed by atoms with E-state index in [1.807, 2.05) is 14.1 Å². The van der Waals surface area contributed by atoms with Crippen molar-refractivity contribution >= 4 is 17.8 Å². The molecule has 1 aliphatic rings. The average Bonchev–Trinajstić information content (AvgIpc) is 2.61. The number of likely N-dealkylation sites (tertiary alicyclic amines) is 1. The molecule has 3 amide bonds. The molecule has 2 N–H and O–H groups in total. The van der Waals surface area contributed by atoms with Crippen LogP contribution in [0.2, 0.25) is 0 Å². The summed E-state index contributed by atoms with van der Waals surface area (Å²) in [6.07, 6.45) is 2.17. The number of benzene rings is 1. The van der Waals surface area contributed by atoms with E-state index in [0.717, 1.165) is 24.9 Å². The standard InChI is InChI=1S/C18H28N4O3/c1-21(2)16-8-6-14(7-9-16)10-11-19-17(23)20-15-5-4-12-22(13-15)18(24)25-3/h6-9,15H,4-5,10-13H2,1-3H3,(H2,19,20,23)/t15-/m0/s1. The zero-order chi connectivity index (χ0) is 18.2. The second-order valence-corrected chi connectivity index (χ2v) is 6.47. The maximum atomic E-state index is 12.0. The molecule has 1 heterocycles. The van der Waals surface area contributed by atoms with Crippen LogP contribution >= 0.6 is 0 Å². The predicted octanol–water partition coefficient (Wildman–Crippen LogP) is 1.83. The van der Waals surface area contributed by atoms with Gasteiger partial charge in [-0.15, -0.1) is 0 Å². The topological polar surface area (TPSA) is 73.9 Å². The van der Waals surface area contributed by atoms with Gasteiger partial charge < -0.3 is 25.2 Å². The van der Waals surface area contributed by atoms with Gasteiger partial charge in [-0.1, -0.05) is 12.1 Å². The minimum absolute atomic E-state index is 0.0350. The number of hydrogen-bond donors (Lipinski definition) is 2. The van der Waals surface area contributed by atoms with Gasteiger partial charge in [0.05, 0.1) is 7.11 Å². The fraction of sp³-hybridized carbons (Fsp3) is 0.556. The maximum Gasteiger partial charge on any atom is 0.409 e. The molecule has 1 saturated heterocycles. The Kier molecular flexibility index (Phi) is 6.91. The molecule has 138 valence electrons. The Labute approximate surface area is 149 Å². The molecule has 1 fully saturated rings. The molecule has 0 aromatic heterocycles. The summed E-state index contributed by atoms with van der Waals surface area (Å²) in [6.45, 7) is 1.74. The molecule has 0 radical (unpaired) electrons. The van der Waals surface area contributed by atoms with Crippen molar-refractivity contribution in [3.8, 4) is 0 Å². The minimum atomic E-state index is -0.340. The molecule has 1 aromatic rings. The Balaban J connectivity index is 1.70. The zero-order valence-electron chi connectivity index (χ0n) is 15.2. The van der Waals surface area contributed by atoms with Crippen LogP contribution in [0.1, 0.15) is 18.4 Å². The molecule has 7 heteroatoms. The highest BCUT2D eigenvalue weighted by atomic mass is 16.5. The van der Waals surface area contributed by atoms with Crippen molar-refractivity contribution in [2.75, 3.05) is 45.7 Å². The van der Waals surface area contributed by atoms with Crippen LogP contribution in [0, 0.1) is 0 Å². The Bertz CT molecular complexity index is 574. The number of carbonyl (C=O) groups excluding carboxylic acids is 2. The number of ether oxygens (including phenoxy) is 1. The summed E-state index contributed by atoms with van der Waals surface area (Å²) < 4.78 is 4.74. The number of piperidine rings is 1. The van der Waals surface area contributed by atoms with Crippen LogP contribution in [-0.2, 0) is 11.2 Å². The molecule has 0 saturated carbocycles. The molecule has 0 bridgehead atoms. The highest BCUT2D eigenvalue weighted by Crippen LogP contribution is 2.13. The van der Waals surface area contributed by atoms with Gasteiger partial charge in [0.1, 0.15) is 0 Å². The van der Waals surface area contributed by atoms with Crippen LogP contribution in [0.15, 0.2) is 24.3 Å². The van der Waals surface area contributed by atoms with Gasteiger partial charge in [-0.25, -0.2) is 9.59 Å². The molecule has 0 spiro atoms. The molecule has 0 unspecified atom stereocenters. The lowest BCUT2D eigenvalue weighted by molar-refractivity contribution is 0.108. The third-order valence-electron chi connectivity index (χ3n) is 4.34. The van der Waals surface area contributed by atoms with Gasteiger partial charge in [-0.3, -0.25) is 0 Å². The van der Waals surface area contributed by atoms with Crippen molar-refractivity contribution in [3.63, 3.8) is 0 Å². The van der Waals surface area contributed by atoms with Gasteiger partial charge in [-0.2, -0.15) is 0 Å². The number of urea groups is 1. The zero-order valence-corrected chi connectivity index (χ0v) is 15.2. The quantitative estimate of drug-likeness (QED) is 0.851. The fourth-order valence-corrected chi connectivity index (χ4v) is 2.91. The number of amides is 3. The molecule has 2 rings (SSSR count). The fourth-order valence-electron chi connectivity index (χ4n) is 2.91. The Morgan fingerprint density at radius 3 is 2.64 bits per heavy atom. The van der Waals surface area contributed by atoms with Crippen LogP contribution in [0.5, 0.6) is 0 Å². The van der Waals surface area contributed by atoms with Crippen molar-refractivity contribution in [1.82, 2.24) is 15.5 Å². The molecule has 1 aliphatic heterocycles. The van der Waals surface area contributed by atoms with E-state index in [2.05, 4.69) is 39.8 Å². The second kappa shape index (κ2) is 9.15. The first-order chi connectivity index (χ1) is 12.0. The van der Waals surface area contributed by atoms with Gasteiger partial charge in [0.25, 0.3) is 0 Å². The Morgan fingerprint density at radius 2 is 2.00 bits per heavy atom. The largest absolute Gasteiger partial charge is 0.453 e. The Hall–Kier alpha value is -2.44. The van der Waals surface area contributed by atoms with E-state index in [1.165, 1.54) is 12.7 Å². The highest BCUT2D eigenvalue weighted by molar-refractivity contribution is 5.74. The van der Waals surface area contributed by atoms with Crippen molar-refractivity contribution in [3.05, 3.63) is 29.8 Å². The van der Waals surface area contributed by atoms with Crippen LogP contribution < -0.4 is 15.5 Å². The summed E-state index contributed by atoms with van der Waals surface area (Å²) in [7, 11) is 5.39. The monoisotopic (exact) mass is 348 g/mol. The van der Waals surface area contributed by atoms with E-state index in [4.69, 9.17) is 4.74 Å². The molecule has 25 heavy (non-hydrogen) atoms. The van der Waals surface area contributed by atoms with Crippen molar-refractivity contribution in [2.24, 2.45) is 0 Å². The summed E-state index contributed by atoms with van der Waals surface area (Å²) in [5.74, 6) is 0. The molecular weight excluding hydrogens is 320 g/mol. The Morgan fingerprint density at radius 1 is 1.28 bits per heavy atom. The smallest absolute Gasteiger partial charge is 0.409 e. The van der Waals surface area contributed by atoms with E-state index in [1.54, 1.807) is 4.90 Å². The lowest BCUT2D eigenvalue weighted by atomic mass is 10.1. The van der Waals surface area contributed by atoms with E-state index in [9.17, 15) is 9.59 Å². The summed E-state index contributed by atoms with van der Waals surface area (Å²) in [5, 5.41) is 5.81. The number of rotatable bonds is 5. The summed E-state index contributed by atoms with van der Waals surface area (Å²) in [6, 6.07) is 8.06. The van der Waals surface area contributed by atoms with Crippen LogP contribution in [0.4, 0.5) is 15.3 Å².